The number of rotatable bonds is 7. The Bertz CT molecular complexity index is 547. The summed E-state index contributed by atoms with van der Waals surface area (Å²) in [4.78, 5) is 0.331. The van der Waals surface area contributed by atoms with Crippen molar-refractivity contribution in [1.82, 2.24) is 9.29 Å². The van der Waals surface area contributed by atoms with Crippen molar-refractivity contribution < 1.29 is 8.42 Å². The van der Waals surface area contributed by atoms with Crippen LogP contribution in [0.5, 0.6) is 0 Å². The average molecular weight is 332 g/mol. The number of aromatic nitrogens is 1. The smallest absolute Gasteiger partial charge is 0.242 e. The van der Waals surface area contributed by atoms with Gasteiger partial charge in [0.25, 0.3) is 0 Å². The summed E-state index contributed by atoms with van der Waals surface area (Å²) in [5.41, 5.74) is 6.52. The molecule has 5 nitrogen and oxygen atoms in total. The Labute approximate surface area is 131 Å². The molecule has 0 spiro atoms. The standard InChI is InChI=1S/C14H25N3O2S2/c1-3-17-10-12(8-11(17)9-15)21(18,19)16-13-6-5-7-14(13)20-4-2/h8,10,13-14,16H,3-7,9,15H2,1-2H3. The number of hydrogen-bond donors (Lipinski definition) is 2. The Morgan fingerprint density at radius 2 is 2.19 bits per heavy atom. The number of hydrogen-bond acceptors (Lipinski definition) is 4. The molecular weight excluding hydrogens is 306 g/mol. The molecule has 0 aromatic carbocycles. The minimum Gasteiger partial charge on any atom is -0.349 e. The predicted octanol–water partition coefficient (Wildman–Crippen LogP) is 1.92. The molecule has 1 heterocycles. The van der Waals surface area contributed by atoms with Crippen LogP contribution in [-0.4, -0.2) is 30.0 Å². The van der Waals surface area contributed by atoms with Crippen LogP contribution in [0.4, 0.5) is 0 Å². The average Bonchev–Trinajstić information content (AvgIpc) is 3.06. The zero-order chi connectivity index (χ0) is 15.5. The van der Waals surface area contributed by atoms with Crippen LogP contribution >= 0.6 is 11.8 Å². The topological polar surface area (TPSA) is 77.1 Å². The van der Waals surface area contributed by atoms with Crippen molar-refractivity contribution in [3.8, 4) is 0 Å². The van der Waals surface area contributed by atoms with E-state index >= 15 is 0 Å². The SMILES string of the molecule is CCSC1CCCC1NS(=O)(=O)c1cc(CN)n(CC)c1. The summed E-state index contributed by atoms with van der Waals surface area (Å²) in [5, 5.41) is 0.395. The Hall–Kier alpha value is -0.500. The van der Waals surface area contributed by atoms with E-state index in [1.807, 2.05) is 23.3 Å². The quantitative estimate of drug-likeness (QED) is 0.800. The van der Waals surface area contributed by atoms with Gasteiger partial charge in [-0.1, -0.05) is 13.3 Å². The van der Waals surface area contributed by atoms with Gasteiger partial charge in [0.15, 0.2) is 0 Å². The molecule has 1 saturated carbocycles. The van der Waals surface area contributed by atoms with Crippen LogP contribution in [-0.2, 0) is 23.1 Å². The number of nitrogens with two attached hydrogens (primary N) is 1. The first-order valence-corrected chi connectivity index (χ1v) is 10.1. The van der Waals surface area contributed by atoms with E-state index in [-0.39, 0.29) is 6.04 Å². The molecule has 7 heteroatoms. The molecule has 0 radical (unpaired) electrons. The molecule has 1 aromatic rings. The normalized spacial score (nSPS) is 22.8. The van der Waals surface area contributed by atoms with E-state index in [1.54, 1.807) is 12.3 Å². The van der Waals surface area contributed by atoms with Gasteiger partial charge in [-0.2, -0.15) is 11.8 Å². The maximum Gasteiger partial charge on any atom is 0.242 e. The fourth-order valence-electron chi connectivity index (χ4n) is 2.88. The summed E-state index contributed by atoms with van der Waals surface area (Å²) < 4.78 is 29.9. The molecular formula is C14H25N3O2S2. The first-order valence-electron chi connectivity index (χ1n) is 7.54. The molecule has 0 aliphatic heterocycles. The van der Waals surface area contributed by atoms with E-state index in [2.05, 4.69) is 11.6 Å². The van der Waals surface area contributed by atoms with Gasteiger partial charge in [-0.05, 0) is 31.6 Å². The van der Waals surface area contributed by atoms with Crippen LogP contribution in [0.15, 0.2) is 17.2 Å². The highest BCUT2D eigenvalue weighted by atomic mass is 32.2. The molecule has 2 atom stereocenters. The Morgan fingerprint density at radius 3 is 2.76 bits per heavy atom. The maximum absolute atomic E-state index is 12.6. The summed E-state index contributed by atoms with van der Waals surface area (Å²) in [5.74, 6) is 1.02. The zero-order valence-corrected chi connectivity index (χ0v) is 14.3. The third kappa shape index (κ3) is 3.83. The van der Waals surface area contributed by atoms with Crippen LogP contribution < -0.4 is 10.5 Å². The highest BCUT2D eigenvalue weighted by molar-refractivity contribution is 8.00. The van der Waals surface area contributed by atoms with Gasteiger partial charge in [-0.15, -0.1) is 0 Å². The lowest BCUT2D eigenvalue weighted by Gasteiger charge is -2.19. The highest BCUT2D eigenvalue weighted by Crippen LogP contribution is 2.31. The molecule has 0 saturated heterocycles. The van der Waals surface area contributed by atoms with Crippen molar-refractivity contribution in [2.45, 2.75) is 62.4 Å². The predicted molar refractivity (Wildman–Crippen MR) is 87.9 cm³/mol. The Morgan fingerprint density at radius 1 is 1.43 bits per heavy atom. The second-order valence-electron chi connectivity index (χ2n) is 5.31. The van der Waals surface area contributed by atoms with Crippen LogP contribution in [0.25, 0.3) is 0 Å². The van der Waals surface area contributed by atoms with E-state index in [4.69, 9.17) is 5.73 Å². The zero-order valence-electron chi connectivity index (χ0n) is 12.7. The summed E-state index contributed by atoms with van der Waals surface area (Å²) in [7, 11) is -3.46. The summed E-state index contributed by atoms with van der Waals surface area (Å²) in [6.45, 7) is 5.16. The molecule has 21 heavy (non-hydrogen) atoms. The summed E-state index contributed by atoms with van der Waals surface area (Å²) >= 11 is 1.85. The van der Waals surface area contributed by atoms with Crippen LogP contribution in [0.3, 0.4) is 0 Å². The lowest BCUT2D eigenvalue weighted by molar-refractivity contribution is 0.555. The molecule has 0 amide bonds. The molecule has 120 valence electrons. The lowest BCUT2D eigenvalue weighted by atomic mass is 10.3. The van der Waals surface area contributed by atoms with Crippen LogP contribution in [0, 0.1) is 0 Å². The lowest BCUT2D eigenvalue weighted by Crippen LogP contribution is -2.38. The van der Waals surface area contributed by atoms with Crippen molar-refractivity contribution in [1.29, 1.82) is 0 Å². The molecule has 2 rings (SSSR count). The van der Waals surface area contributed by atoms with Gasteiger partial charge in [0.1, 0.15) is 0 Å². The fourth-order valence-corrected chi connectivity index (χ4v) is 5.54. The van der Waals surface area contributed by atoms with Crippen LogP contribution in [0.2, 0.25) is 0 Å². The third-order valence-corrected chi connectivity index (χ3v) is 6.74. The van der Waals surface area contributed by atoms with E-state index < -0.39 is 10.0 Å². The minimum atomic E-state index is -3.46. The van der Waals surface area contributed by atoms with Crippen molar-refractivity contribution in [3.05, 3.63) is 18.0 Å². The van der Waals surface area contributed by atoms with Gasteiger partial charge in [0, 0.05) is 36.3 Å². The van der Waals surface area contributed by atoms with Gasteiger partial charge in [-0.25, -0.2) is 13.1 Å². The van der Waals surface area contributed by atoms with E-state index in [1.165, 1.54) is 0 Å². The van der Waals surface area contributed by atoms with E-state index in [0.29, 0.717) is 16.7 Å². The number of sulfonamides is 1. The van der Waals surface area contributed by atoms with Crippen molar-refractivity contribution >= 4 is 21.8 Å². The van der Waals surface area contributed by atoms with Gasteiger partial charge in [0.2, 0.25) is 10.0 Å². The number of aryl methyl sites for hydroxylation is 1. The molecule has 0 bridgehead atoms. The van der Waals surface area contributed by atoms with Crippen molar-refractivity contribution in [3.63, 3.8) is 0 Å². The third-order valence-electron chi connectivity index (χ3n) is 3.96. The second-order valence-corrected chi connectivity index (χ2v) is 8.54. The monoisotopic (exact) mass is 331 g/mol. The molecule has 1 aliphatic rings. The molecule has 1 fully saturated rings. The highest BCUT2D eigenvalue weighted by Gasteiger charge is 2.31. The first kappa shape index (κ1) is 16.9. The second kappa shape index (κ2) is 7.17. The fraction of sp³-hybridized carbons (Fsp3) is 0.714. The van der Waals surface area contributed by atoms with E-state index in [0.717, 1.165) is 37.3 Å². The van der Waals surface area contributed by atoms with Gasteiger partial charge >= 0.3 is 0 Å². The molecule has 1 aliphatic carbocycles. The van der Waals surface area contributed by atoms with Gasteiger partial charge in [-0.3, -0.25) is 0 Å². The molecule has 3 N–H and O–H groups in total. The largest absolute Gasteiger partial charge is 0.349 e. The van der Waals surface area contributed by atoms with Gasteiger partial charge < -0.3 is 10.3 Å². The van der Waals surface area contributed by atoms with Gasteiger partial charge in [0.05, 0.1) is 4.90 Å². The first-order chi connectivity index (χ1) is 10.0. The summed E-state index contributed by atoms with van der Waals surface area (Å²) in [6.07, 6.45) is 4.79. The number of nitrogens with one attached hydrogen (secondary N) is 1. The number of nitrogens with zero attached hydrogens (tertiary/aromatic N) is 1. The van der Waals surface area contributed by atoms with Crippen LogP contribution in [0.1, 0.15) is 38.8 Å². The van der Waals surface area contributed by atoms with Crippen molar-refractivity contribution in [2.24, 2.45) is 5.73 Å². The maximum atomic E-state index is 12.6. The minimum absolute atomic E-state index is 0.0475. The Balaban J connectivity index is 2.16. The van der Waals surface area contributed by atoms with E-state index in [9.17, 15) is 8.42 Å². The molecule has 2 unspecified atom stereocenters. The Kier molecular flexibility index (Phi) is 5.76. The molecule has 1 aromatic heterocycles. The number of thioether (sulfide) groups is 1. The van der Waals surface area contributed by atoms with Crippen molar-refractivity contribution in [2.75, 3.05) is 5.75 Å². The summed E-state index contributed by atoms with van der Waals surface area (Å²) in [6, 6.07) is 1.73.